The molecule has 86 valence electrons. The Morgan fingerprint density at radius 2 is 2.31 bits per heavy atom. The molecule has 1 aliphatic rings. The average molecular weight is 221 g/mol. The van der Waals surface area contributed by atoms with Gasteiger partial charge in [0, 0.05) is 6.04 Å². The van der Waals surface area contributed by atoms with E-state index in [9.17, 15) is 4.79 Å². The minimum Gasteiger partial charge on any atom is -0.497 e. The summed E-state index contributed by atoms with van der Waals surface area (Å²) in [5, 5.41) is 12.1. The summed E-state index contributed by atoms with van der Waals surface area (Å²) in [5.74, 6) is -0.0303. The van der Waals surface area contributed by atoms with Crippen LogP contribution in [0.4, 0.5) is 0 Å². The molecule has 2 rings (SSSR count). The second kappa shape index (κ2) is 4.14. The molecule has 1 heterocycles. The Bertz CT molecular complexity index is 417. The third-order valence-corrected chi connectivity index (χ3v) is 2.99. The Balaban J connectivity index is 2.35. The lowest BCUT2D eigenvalue weighted by Gasteiger charge is -2.29. The van der Waals surface area contributed by atoms with Crippen molar-refractivity contribution in [3.05, 3.63) is 29.3 Å². The third kappa shape index (κ3) is 1.88. The summed E-state index contributed by atoms with van der Waals surface area (Å²) in [6.07, 6.45) is 0.506. The van der Waals surface area contributed by atoms with Crippen LogP contribution in [-0.4, -0.2) is 24.2 Å². The lowest BCUT2D eigenvalue weighted by Crippen LogP contribution is -2.43. The molecule has 2 unspecified atom stereocenters. The molecule has 16 heavy (non-hydrogen) atoms. The molecule has 0 bridgehead atoms. The van der Waals surface area contributed by atoms with E-state index in [4.69, 9.17) is 9.84 Å². The predicted octanol–water partition coefficient (Wildman–Crippen LogP) is 1.36. The van der Waals surface area contributed by atoms with Crippen molar-refractivity contribution in [2.45, 2.75) is 25.4 Å². The van der Waals surface area contributed by atoms with Crippen molar-refractivity contribution in [3.63, 3.8) is 0 Å². The van der Waals surface area contributed by atoms with Crippen LogP contribution in [-0.2, 0) is 11.2 Å². The lowest BCUT2D eigenvalue weighted by atomic mass is 9.91. The first-order valence-electron chi connectivity index (χ1n) is 5.27. The smallest absolute Gasteiger partial charge is 0.321 e. The summed E-state index contributed by atoms with van der Waals surface area (Å²) in [7, 11) is 1.61. The van der Waals surface area contributed by atoms with E-state index >= 15 is 0 Å². The molecule has 0 radical (unpaired) electrons. The molecule has 0 amide bonds. The van der Waals surface area contributed by atoms with Crippen LogP contribution in [0, 0.1) is 0 Å². The SMILES string of the molecule is COc1ccc2c(c1)CC(C(=O)O)NC2C. The number of benzene rings is 1. The summed E-state index contributed by atoms with van der Waals surface area (Å²) in [4.78, 5) is 11.0. The van der Waals surface area contributed by atoms with Crippen LogP contribution in [0.15, 0.2) is 18.2 Å². The van der Waals surface area contributed by atoms with Crippen molar-refractivity contribution in [2.24, 2.45) is 0 Å². The minimum atomic E-state index is -0.805. The van der Waals surface area contributed by atoms with Crippen LogP contribution >= 0.6 is 0 Å². The van der Waals surface area contributed by atoms with Gasteiger partial charge in [-0.15, -0.1) is 0 Å². The van der Waals surface area contributed by atoms with Crippen molar-refractivity contribution >= 4 is 5.97 Å². The van der Waals surface area contributed by atoms with Gasteiger partial charge in [-0.2, -0.15) is 0 Å². The summed E-state index contributed by atoms with van der Waals surface area (Å²) in [6.45, 7) is 1.97. The highest BCUT2D eigenvalue weighted by Crippen LogP contribution is 2.28. The van der Waals surface area contributed by atoms with Gasteiger partial charge in [0.1, 0.15) is 11.8 Å². The van der Waals surface area contributed by atoms with Crippen molar-refractivity contribution < 1.29 is 14.6 Å². The second-order valence-electron chi connectivity index (χ2n) is 4.05. The molecule has 1 aromatic carbocycles. The summed E-state index contributed by atoms with van der Waals surface area (Å²) >= 11 is 0. The topological polar surface area (TPSA) is 58.6 Å². The zero-order valence-electron chi connectivity index (χ0n) is 9.36. The number of aliphatic carboxylic acids is 1. The number of methoxy groups -OCH3 is 1. The van der Waals surface area contributed by atoms with Gasteiger partial charge in [-0.05, 0) is 36.6 Å². The first-order valence-corrected chi connectivity index (χ1v) is 5.27. The predicted molar refractivity (Wildman–Crippen MR) is 59.7 cm³/mol. The number of hydrogen-bond acceptors (Lipinski definition) is 3. The fraction of sp³-hybridized carbons (Fsp3) is 0.417. The van der Waals surface area contributed by atoms with Crippen molar-refractivity contribution in [2.75, 3.05) is 7.11 Å². The van der Waals surface area contributed by atoms with Gasteiger partial charge < -0.3 is 9.84 Å². The summed E-state index contributed by atoms with van der Waals surface area (Å²) in [5.41, 5.74) is 2.20. The fourth-order valence-corrected chi connectivity index (χ4v) is 2.14. The van der Waals surface area contributed by atoms with Crippen LogP contribution < -0.4 is 10.1 Å². The molecule has 0 spiro atoms. The largest absolute Gasteiger partial charge is 0.497 e. The molecular formula is C12H15NO3. The third-order valence-electron chi connectivity index (χ3n) is 2.99. The minimum absolute atomic E-state index is 0.0655. The molecule has 0 aromatic heterocycles. The fourth-order valence-electron chi connectivity index (χ4n) is 2.14. The highest BCUT2D eigenvalue weighted by Gasteiger charge is 2.27. The molecule has 4 heteroatoms. The number of nitrogens with one attached hydrogen (secondary N) is 1. The average Bonchev–Trinajstić information content (AvgIpc) is 2.28. The van der Waals surface area contributed by atoms with E-state index in [-0.39, 0.29) is 6.04 Å². The van der Waals surface area contributed by atoms with Crippen LogP contribution in [0.25, 0.3) is 0 Å². The van der Waals surface area contributed by atoms with Crippen LogP contribution in [0.2, 0.25) is 0 Å². The molecule has 2 atom stereocenters. The number of hydrogen-bond donors (Lipinski definition) is 2. The van der Waals surface area contributed by atoms with E-state index < -0.39 is 12.0 Å². The molecular weight excluding hydrogens is 206 g/mol. The van der Waals surface area contributed by atoms with E-state index in [0.29, 0.717) is 6.42 Å². The van der Waals surface area contributed by atoms with Crippen molar-refractivity contribution in [1.82, 2.24) is 5.32 Å². The molecule has 2 N–H and O–H groups in total. The van der Waals surface area contributed by atoms with Crippen LogP contribution in [0.3, 0.4) is 0 Å². The quantitative estimate of drug-likeness (QED) is 0.791. The summed E-state index contributed by atoms with van der Waals surface area (Å²) < 4.78 is 5.14. The Kier molecular flexibility index (Phi) is 2.83. The van der Waals surface area contributed by atoms with Gasteiger partial charge in [0.05, 0.1) is 7.11 Å². The number of carbonyl (C=O) groups is 1. The van der Waals surface area contributed by atoms with Crippen molar-refractivity contribution in [3.8, 4) is 5.75 Å². The lowest BCUT2D eigenvalue weighted by molar-refractivity contribution is -0.139. The molecule has 0 saturated heterocycles. The van der Waals surface area contributed by atoms with Crippen molar-refractivity contribution in [1.29, 1.82) is 0 Å². The van der Waals surface area contributed by atoms with Crippen LogP contribution in [0.1, 0.15) is 24.1 Å². The first-order chi connectivity index (χ1) is 7.61. The number of carboxylic acid groups (broad SMARTS) is 1. The molecule has 0 saturated carbocycles. The maximum Gasteiger partial charge on any atom is 0.321 e. The van der Waals surface area contributed by atoms with Gasteiger partial charge in [-0.1, -0.05) is 6.07 Å². The van der Waals surface area contributed by atoms with Gasteiger partial charge in [0.2, 0.25) is 0 Å². The van der Waals surface area contributed by atoms with Gasteiger partial charge in [-0.3, -0.25) is 10.1 Å². The molecule has 0 aliphatic carbocycles. The van der Waals surface area contributed by atoms with E-state index in [1.54, 1.807) is 7.11 Å². The molecule has 0 fully saturated rings. The number of ether oxygens (including phenoxy) is 1. The molecule has 4 nitrogen and oxygen atoms in total. The van der Waals surface area contributed by atoms with E-state index in [0.717, 1.165) is 16.9 Å². The number of carboxylic acids is 1. The number of rotatable bonds is 2. The maximum absolute atomic E-state index is 11.0. The molecule has 1 aromatic rings. The van der Waals surface area contributed by atoms with Crippen LogP contribution in [0.5, 0.6) is 5.75 Å². The van der Waals surface area contributed by atoms with Gasteiger partial charge in [-0.25, -0.2) is 0 Å². The summed E-state index contributed by atoms with van der Waals surface area (Å²) in [6, 6.07) is 5.37. The molecule has 1 aliphatic heterocycles. The Labute approximate surface area is 94.2 Å². The Morgan fingerprint density at radius 3 is 2.94 bits per heavy atom. The maximum atomic E-state index is 11.0. The van der Waals surface area contributed by atoms with Gasteiger partial charge in [0.25, 0.3) is 0 Å². The number of fused-ring (bicyclic) bond motifs is 1. The van der Waals surface area contributed by atoms with E-state index in [1.807, 2.05) is 25.1 Å². The van der Waals surface area contributed by atoms with Gasteiger partial charge in [0.15, 0.2) is 0 Å². The highest BCUT2D eigenvalue weighted by molar-refractivity contribution is 5.74. The van der Waals surface area contributed by atoms with E-state index in [2.05, 4.69) is 5.32 Å². The Morgan fingerprint density at radius 1 is 1.56 bits per heavy atom. The first kappa shape index (κ1) is 11.0. The standard InChI is InChI=1S/C12H15NO3/c1-7-10-4-3-9(16-2)5-8(10)6-11(13-7)12(14)15/h3-5,7,11,13H,6H2,1-2H3,(H,14,15). The van der Waals surface area contributed by atoms with E-state index in [1.165, 1.54) is 0 Å². The second-order valence-corrected chi connectivity index (χ2v) is 4.05. The zero-order chi connectivity index (χ0) is 11.7. The monoisotopic (exact) mass is 221 g/mol. The Hall–Kier alpha value is -1.55. The highest BCUT2D eigenvalue weighted by atomic mass is 16.5. The zero-order valence-corrected chi connectivity index (χ0v) is 9.36. The normalized spacial score (nSPS) is 23.6. The van der Waals surface area contributed by atoms with Gasteiger partial charge >= 0.3 is 5.97 Å².